The Hall–Kier alpha value is -1.42. The summed E-state index contributed by atoms with van der Waals surface area (Å²) in [5.74, 6) is 0.0257. The predicted octanol–water partition coefficient (Wildman–Crippen LogP) is 1.42. The molecule has 0 aromatic carbocycles. The third-order valence-corrected chi connectivity index (χ3v) is 2.40. The predicted molar refractivity (Wildman–Crippen MR) is 61.7 cm³/mol. The minimum absolute atomic E-state index is 0.00428. The number of aliphatic hydroxyl groups is 1. The number of carbonyl (C=O) groups is 1. The van der Waals surface area contributed by atoms with Crippen LogP contribution in [0.4, 0.5) is 0 Å². The third kappa shape index (κ3) is 4.40. The van der Waals surface area contributed by atoms with E-state index in [0.717, 1.165) is 12.0 Å². The monoisotopic (exact) mass is 222 g/mol. The molecule has 1 aromatic rings. The van der Waals surface area contributed by atoms with E-state index in [0.29, 0.717) is 12.8 Å². The fourth-order valence-corrected chi connectivity index (χ4v) is 1.45. The zero-order valence-corrected chi connectivity index (χ0v) is 9.52. The molecule has 0 radical (unpaired) electrons. The average molecular weight is 222 g/mol. The van der Waals surface area contributed by atoms with Crippen molar-refractivity contribution in [1.29, 1.82) is 0 Å². The van der Waals surface area contributed by atoms with Gasteiger partial charge in [0.1, 0.15) is 0 Å². The van der Waals surface area contributed by atoms with Gasteiger partial charge in [-0.25, -0.2) is 0 Å². The highest BCUT2D eigenvalue weighted by Crippen LogP contribution is 2.10. The summed E-state index contributed by atoms with van der Waals surface area (Å²) in [6, 6.07) is 3.78. The average Bonchev–Trinajstić information content (AvgIpc) is 2.30. The summed E-state index contributed by atoms with van der Waals surface area (Å²) in [4.78, 5) is 15.4. The number of nitrogens with zero attached hydrogens (tertiary/aromatic N) is 1. The fraction of sp³-hybridized carbons (Fsp3) is 0.500. The van der Waals surface area contributed by atoms with E-state index in [1.807, 2.05) is 19.1 Å². The minimum atomic E-state index is 0.00428. The second-order valence-corrected chi connectivity index (χ2v) is 3.75. The van der Waals surface area contributed by atoms with Crippen molar-refractivity contribution in [3.05, 3.63) is 30.1 Å². The first-order valence-corrected chi connectivity index (χ1v) is 5.54. The van der Waals surface area contributed by atoms with Crippen molar-refractivity contribution in [3.8, 4) is 0 Å². The van der Waals surface area contributed by atoms with E-state index in [1.54, 1.807) is 12.4 Å². The molecule has 0 saturated heterocycles. The molecule has 1 atom stereocenters. The first-order chi connectivity index (χ1) is 7.74. The van der Waals surface area contributed by atoms with Crippen LogP contribution in [0.5, 0.6) is 0 Å². The Labute approximate surface area is 95.7 Å². The van der Waals surface area contributed by atoms with Crippen molar-refractivity contribution in [2.45, 2.75) is 32.2 Å². The third-order valence-electron chi connectivity index (χ3n) is 2.40. The highest BCUT2D eigenvalue weighted by atomic mass is 16.2. The highest BCUT2D eigenvalue weighted by Gasteiger charge is 2.08. The lowest BCUT2D eigenvalue weighted by atomic mass is 10.1. The van der Waals surface area contributed by atoms with Gasteiger partial charge in [-0.3, -0.25) is 9.78 Å². The van der Waals surface area contributed by atoms with Gasteiger partial charge in [-0.2, -0.15) is 0 Å². The normalized spacial score (nSPS) is 12.1. The molecule has 1 unspecified atom stereocenters. The first kappa shape index (κ1) is 12.6. The number of hydrogen-bond acceptors (Lipinski definition) is 3. The van der Waals surface area contributed by atoms with E-state index >= 15 is 0 Å². The molecule has 0 spiro atoms. The van der Waals surface area contributed by atoms with Crippen LogP contribution in [0.1, 0.15) is 37.8 Å². The van der Waals surface area contributed by atoms with Gasteiger partial charge >= 0.3 is 0 Å². The number of amides is 1. The Bertz CT molecular complexity index is 314. The second-order valence-electron chi connectivity index (χ2n) is 3.75. The Kier molecular flexibility index (Phi) is 5.50. The maximum Gasteiger partial charge on any atom is 0.220 e. The van der Waals surface area contributed by atoms with Crippen molar-refractivity contribution in [3.63, 3.8) is 0 Å². The van der Waals surface area contributed by atoms with E-state index in [-0.39, 0.29) is 18.6 Å². The van der Waals surface area contributed by atoms with Crippen molar-refractivity contribution >= 4 is 5.91 Å². The molecule has 0 aliphatic carbocycles. The molecule has 0 fully saturated rings. The Morgan fingerprint density at radius 3 is 2.75 bits per heavy atom. The lowest BCUT2D eigenvalue weighted by Crippen LogP contribution is -2.26. The lowest BCUT2D eigenvalue weighted by molar-refractivity contribution is -0.121. The molecule has 4 nitrogen and oxygen atoms in total. The summed E-state index contributed by atoms with van der Waals surface area (Å²) < 4.78 is 0. The van der Waals surface area contributed by atoms with Crippen molar-refractivity contribution in [2.75, 3.05) is 6.61 Å². The number of aromatic nitrogens is 1. The van der Waals surface area contributed by atoms with Gasteiger partial charge in [-0.05, 0) is 37.5 Å². The first-order valence-electron chi connectivity index (χ1n) is 5.54. The van der Waals surface area contributed by atoms with Crippen molar-refractivity contribution in [1.82, 2.24) is 10.3 Å². The molecule has 88 valence electrons. The van der Waals surface area contributed by atoms with Crippen molar-refractivity contribution < 1.29 is 9.90 Å². The Balaban J connectivity index is 2.34. The number of unbranched alkanes of at least 4 members (excludes halogenated alkanes) is 1. The van der Waals surface area contributed by atoms with Gasteiger partial charge in [-0.15, -0.1) is 0 Å². The molecule has 1 aromatic heterocycles. The summed E-state index contributed by atoms with van der Waals surface area (Å²) in [6.45, 7) is 2.09. The van der Waals surface area contributed by atoms with Gasteiger partial charge in [0.15, 0.2) is 0 Å². The van der Waals surface area contributed by atoms with Crippen LogP contribution in [0.25, 0.3) is 0 Å². The summed E-state index contributed by atoms with van der Waals surface area (Å²) in [5, 5.41) is 11.5. The smallest absolute Gasteiger partial charge is 0.220 e. The number of nitrogens with one attached hydrogen (secondary N) is 1. The van der Waals surface area contributed by atoms with E-state index in [9.17, 15) is 4.79 Å². The standard InChI is InChI=1S/C12H18N2O2/c1-10(11-5-7-13-8-6-11)14-12(16)4-2-3-9-15/h5-8,10,15H,2-4,9H2,1H3,(H,14,16). The molecule has 2 N–H and O–H groups in total. The fourth-order valence-electron chi connectivity index (χ4n) is 1.45. The number of pyridine rings is 1. The van der Waals surface area contributed by atoms with Crippen LogP contribution in [0.2, 0.25) is 0 Å². The zero-order chi connectivity index (χ0) is 11.8. The minimum Gasteiger partial charge on any atom is -0.396 e. The molecule has 1 amide bonds. The maximum atomic E-state index is 11.5. The van der Waals surface area contributed by atoms with Crippen LogP contribution in [0, 0.1) is 0 Å². The molecule has 1 rings (SSSR count). The summed E-state index contributed by atoms with van der Waals surface area (Å²) in [5.41, 5.74) is 1.05. The van der Waals surface area contributed by atoms with E-state index in [4.69, 9.17) is 5.11 Å². The lowest BCUT2D eigenvalue weighted by Gasteiger charge is -2.13. The molecule has 0 saturated carbocycles. The number of carbonyl (C=O) groups excluding carboxylic acids is 1. The molecule has 1 heterocycles. The largest absolute Gasteiger partial charge is 0.396 e. The highest BCUT2D eigenvalue weighted by molar-refractivity contribution is 5.76. The molecular formula is C12H18N2O2. The van der Waals surface area contributed by atoms with E-state index in [2.05, 4.69) is 10.3 Å². The number of rotatable bonds is 6. The van der Waals surface area contributed by atoms with Crippen LogP contribution in [-0.2, 0) is 4.79 Å². The molecule has 4 heteroatoms. The topological polar surface area (TPSA) is 62.2 Å². The van der Waals surface area contributed by atoms with Crippen molar-refractivity contribution in [2.24, 2.45) is 0 Å². The van der Waals surface area contributed by atoms with Crippen LogP contribution in [-0.4, -0.2) is 22.6 Å². The number of hydrogen-bond donors (Lipinski definition) is 2. The summed E-state index contributed by atoms with van der Waals surface area (Å²) in [6.07, 6.45) is 5.30. The second kappa shape index (κ2) is 6.95. The van der Waals surface area contributed by atoms with Crippen LogP contribution >= 0.6 is 0 Å². The summed E-state index contributed by atoms with van der Waals surface area (Å²) in [7, 11) is 0. The van der Waals surface area contributed by atoms with Crippen LogP contribution in [0.15, 0.2) is 24.5 Å². The van der Waals surface area contributed by atoms with Gasteiger partial charge in [0.05, 0.1) is 6.04 Å². The molecular weight excluding hydrogens is 204 g/mol. The Morgan fingerprint density at radius 2 is 2.12 bits per heavy atom. The molecule has 0 aliphatic rings. The van der Waals surface area contributed by atoms with Crippen LogP contribution < -0.4 is 5.32 Å². The van der Waals surface area contributed by atoms with Gasteiger partial charge in [-0.1, -0.05) is 0 Å². The van der Waals surface area contributed by atoms with Gasteiger partial charge < -0.3 is 10.4 Å². The van der Waals surface area contributed by atoms with E-state index < -0.39 is 0 Å². The zero-order valence-electron chi connectivity index (χ0n) is 9.52. The molecule has 0 bridgehead atoms. The SMILES string of the molecule is CC(NC(=O)CCCCO)c1ccncc1. The number of aliphatic hydroxyl groups excluding tert-OH is 1. The van der Waals surface area contributed by atoms with Gasteiger partial charge in [0.25, 0.3) is 0 Å². The molecule has 0 aliphatic heterocycles. The van der Waals surface area contributed by atoms with E-state index in [1.165, 1.54) is 0 Å². The van der Waals surface area contributed by atoms with Gasteiger partial charge in [0.2, 0.25) is 5.91 Å². The molecule has 16 heavy (non-hydrogen) atoms. The van der Waals surface area contributed by atoms with Gasteiger partial charge in [0, 0.05) is 25.4 Å². The maximum absolute atomic E-state index is 11.5. The summed E-state index contributed by atoms with van der Waals surface area (Å²) >= 11 is 0. The quantitative estimate of drug-likeness (QED) is 0.715. The Morgan fingerprint density at radius 1 is 1.44 bits per heavy atom. The van der Waals surface area contributed by atoms with Crippen LogP contribution in [0.3, 0.4) is 0 Å².